The molecule has 0 radical (unpaired) electrons. The van der Waals surface area contributed by atoms with Gasteiger partial charge >= 0.3 is 0 Å². The van der Waals surface area contributed by atoms with Crippen molar-refractivity contribution in [3.63, 3.8) is 0 Å². The monoisotopic (exact) mass is 410 g/mol. The van der Waals surface area contributed by atoms with E-state index < -0.39 is 7.92 Å². The zero-order valence-corrected chi connectivity index (χ0v) is 18.4. The van der Waals surface area contributed by atoms with Crippen molar-refractivity contribution in [2.45, 2.75) is 19.9 Å². The van der Waals surface area contributed by atoms with Crippen molar-refractivity contribution < 1.29 is 0 Å². The van der Waals surface area contributed by atoms with Crippen LogP contribution in [0.4, 0.5) is 0 Å². The Kier molecular flexibility index (Phi) is 6.67. The molecule has 4 rings (SSSR count). The second-order valence-electron chi connectivity index (χ2n) is 7.80. The number of rotatable bonds is 7. The van der Waals surface area contributed by atoms with Gasteiger partial charge in [0.2, 0.25) is 0 Å². The molecule has 0 spiro atoms. The molecule has 0 saturated carbocycles. The van der Waals surface area contributed by atoms with Crippen LogP contribution in [0.15, 0.2) is 102 Å². The highest BCUT2D eigenvalue weighted by atomic mass is 31.1. The van der Waals surface area contributed by atoms with E-state index >= 15 is 0 Å². The maximum absolute atomic E-state index is 5.02. The molecule has 0 N–H and O–H groups in total. The van der Waals surface area contributed by atoms with Crippen LogP contribution in [0, 0.1) is 5.92 Å². The lowest BCUT2D eigenvalue weighted by Gasteiger charge is -2.25. The summed E-state index contributed by atoms with van der Waals surface area (Å²) in [7, 11) is -0.466. The van der Waals surface area contributed by atoms with Gasteiger partial charge in [0, 0.05) is 11.6 Å². The highest BCUT2D eigenvalue weighted by Crippen LogP contribution is 2.36. The molecule has 0 fully saturated rings. The highest BCUT2D eigenvalue weighted by Gasteiger charge is 2.21. The van der Waals surface area contributed by atoms with Crippen molar-refractivity contribution in [1.82, 2.24) is 4.98 Å². The minimum absolute atomic E-state index is 0.241. The third-order valence-electron chi connectivity index (χ3n) is 5.29. The Morgan fingerprint density at radius 3 is 2.00 bits per heavy atom. The van der Waals surface area contributed by atoms with E-state index in [4.69, 9.17) is 9.98 Å². The van der Waals surface area contributed by atoms with Crippen molar-refractivity contribution in [2.75, 3.05) is 6.16 Å². The molecule has 0 aliphatic heterocycles. The minimum Gasteiger partial charge on any atom is -0.287 e. The second-order valence-corrected chi connectivity index (χ2v) is 10.1. The van der Waals surface area contributed by atoms with E-state index in [2.05, 4.69) is 98.8 Å². The molecule has 2 nitrogen and oxygen atoms in total. The summed E-state index contributed by atoms with van der Waals surface area (Å²) in [5, 5.41) is 3.97. The smallest absolute Gasteiger partial charge is 0.0815 e. The molecule has 0 aliphatic carbocycles. The van der Waals surface area contributed by atoms with Crippen LogP contribution in [0.1, 0.15) is 19.5 Å². The number of hydrogen-bond acceptors (Lipinski definition) is 2. The van der Waals surface area contributed by atoms with Crippen LogP contribution >= 0.6 is 7.92 Å². The maximum atomic E-state index is 5.02. The topological polar surface area (TPSA) is 25.2 Å². The maximum Gasteiger partial charge on any atom is 0.0815 e. The largest absolute Gasteiger partial charge is 0.287 e. The Labute approximate surface area is 180 Å². The van der Waals surface area contributed by atoms with Gasteiger partial charge in [-0.25, -0.2) is 4.98 Å². The molecule has 30 heavy (non-hydrogen) atoms. The lowest BCUT2D eigenvalue weighted by molar-refractivity contribution is 0.538. The van der Waals surface area contributed by atoms with Crippen molar-refractivity contribution in [1.29, 1.82) is 0 Å². The fraction of sp³-hybridized carbons (Fsp3) is 0.185. The summed E-state index contributed by atoms with van der Waals surface area (Å²) < 4.78 is 0. The number of hydrogen-bond donors (Lipinski definition) is 0. The van der Waals surface area contributed by atoms with Crippen LogP contribution in [-0.2, 0) is 0 Å². The molecule has 3 heteroatoms. The van der Waals surface area contributed by atoms with Crippen LogP contribution in [-0.4, -0.2) is 23.4 Å². The van der Waals surface area contributed by atoms with Crippen molar-refractivity contribution in [2.24, 2.45) is 10.9 Å². The molecule has 1 heterocycles. The van der Waals surface area contributed by atoms with Gasteiger partial charge in [-0.1, -0.05) is 98.8 Å². The first kappa shape index (κ1) is 20.4. The molecule has 0 unspecified atom stereocenters. The van der Waals surface area contributed by atoms with Crippen molar-refractivity contribution >= 4 is 35.6 Å². The van der Waals surface area contributed by atoms with E-state index in [1.54, 1.807) is 0 Å². The lowest BCUT2D eigenvalue weighted by atomic mass is 10.1. The molecule has 0 aliphatic rings. The van der Waals surface area contributed by atoms with Gasteiger partial charge in [0.1, 0.15) is 0 Å². The third-order valence-corrected chi connectivity index (χ3v) is 7.88. The fourth-order valence-corrected chi connectivity index (χ4v) is 6.19. The van der Waals surface area contributed by atoms with E-state index in [0.29, 0.717) is 5.92 Å². The van der Waals surface area contributed by atoms with Gasteiger partial charge in [0.05, 0.1) is 17.3 Å². The van der Waals surface area contributed by atoms with Crippen molar-refractivity contribution in [3.05, 3.63) is 103 Å². The first-order chi connectivity index (χ1) is 14.7. The van der Waals surface area contributed by atoms with Crippen molar-refractivity contribution in [3.8, 4) is 0 Å². The van der Waals surface area contributed by atoms with Crippen LogP contribution in [0.2, 0.25) is 0 Å². The molecule has 0 amide bonds. The molecule has 0 bridgehead atoms. The molecule has 4 aromatic rings. The number of pyridine rings is 1. The summed E-state index contributed by atoms with van der Waals surface area (Å²) in [6.07, 6.45) is 2.99. The van der Waals surface area contributed by atoms with E-state index in [-0.39, 0.29) is 6.04 Å². The summed E-state index contributed by atoms with van der Waals surface area (Å²) in [6, 6.07) is 34.4. The van der Waals surface area contributed by atoms with E-state index in [1.807, 2.05) is 18.3 Å². The first-order valence-corrected chi connectivity index (χ1v) is 12.0. The van der Waals surface area contributed by atoms with Gasteiger partial charge in [-0.3, -0.25) is 4.99 Å². The number of para-hydroxylation sites is 1. The number of nitrogens with zero attached hydrogens (tertiary/aromatic N) is 2. The van der Waals surface area contributed by atoms with Gasteiger partial charge in [0.25, 0.3) is 0 Å². The van der Waals surface area contributed by atoms with Crippen LogP contribution < -0.4 is 10.6 Å². The first-order valence-electron chi connectivity index (χ1n) is 10.5. The molecule has 150 valence electrons. The van der Waals surface area contributed by atoms with Gasteiger partial charge in [0.15, 0.2) is 0 Å². The second kappa shape index (κ2) is 9.78. The summed E-state index contributed by atoms with van der Waals surface area (Å²) in [6.45, 7) is 4.53. The van der Waals surface area contributed by atoms with Crippen LogP contribution in [0.25, 0.3) is 10.9 Å². The zero-order chi connectivity index (χ0) is 20.8. The van der Waals surface area contributed by atoms with E-state index in [1.165, 1.54) is 10.6 Å². The van der Waals surface area contributed by atoms with Crippen LogP contribution in [0.3, 0.4) is 0 Å². The minimum atomic E-state index is -0.466. The molecule has 0 saturated heterocycles. The molecule has 1 atom stereocenters. The average Bonchev–Trinajstić information content (AvgIpc) is 2.80. The molecular weight excluding hydrogens is 383 g/mol. The molecule has 3 aromatic carbocycles. The van der Waals surface area contributed by atoms with E-state index in [9.17, 15) is 0 Å². The normalized spacial score (nSPS) is 12.8. The Morgan fingerprint density at radius 1 is 0.767 bits per heavy atom. The SMILES string of the molecule is CC(C)[C@H](CP(c1ccccc1)c1ccccc1)N=Cc1ccc2ccccc2n1. The predicted molar refractivity (Wildman–Crippen MR) is 132 cm³/mol. The Bertz CT molecular complexity index is 1070. The highest BCUT2D eigenvalue weighted by molar-refractivity contribution is 7.73. The molecule has 1 aromatic heterocycles. The number of aliphatic imine (C=N–C) groups is 1. The summed E-state index contributed by atoms with van der Waals surface area (Å²) in [4.78, 5) is 9.78. The number of aromatic nitrogens is 1. The van der Waals surface area contributed by atoms with E-state index in [0.717, 1.165) is 22.8 Å². The Balaban J connectivity index is 1.61. The summed E-state index contributed by atoms with van der Waals surface area (Å²) in [5.74, 6) is 0.458. The number of benzene rings is 3. The third kappa shape index (κ3) is 5.01. The van der Waals surface area contributed by atoms with Gasteiger partial charge in [-0.05, 0) is 42.7 Å². The lowest BCUT2D eigenvalue weighted by Crippen LogP contribution is -2.24. The Morgan fingerprint density at radius 2 is 1.37 bits per heavy atom. The summed E-state index contributed by atoms with van der Waals surface area (Å²) in [5.41, 5.74) is 1.93. The average molecular weight is 411 g/mol. The standard InChI is InChI=1S/C27H27N2P/c1-21(2)27(28-19-23-18-17-22-11-9-10-16-26(22)29-23)20-30(24-12-5-3-6-13-24)25-14-7-4-8-15-25/h3-19,21,27H,20H2,1-2H3/t27-/m0/s1. The van der Waals surface area contributed by atoms with Gasteiger partial charge < -0.3 is 0 Å². The number of fused-ring (bicyclic) bond motifs is 1. The van der Waals surface area contributed by atoms with Gasteiger partial charge in [-0.15, -0.1) is 0 Å². The Hall–Kier alpha value is -2.83. The van der Waals surface area contributed by atoms with Gasteiger partial charge in [-0.2, -0.15) is 0 Å². The van der Waals surface area contributed by atoms with Crippen LogP contribution in [0.5, 0.6) is 0 Å². The molecular formula is C27H27N2P. The zero-order valence-electron chi connectivity index (χ0n) is 17.5. The quantitative estimate of drug-likeness (QED) is 0.279. The predicted octanol–water partition coefficient (Wildman–Crippen LogP) is 5.81. The fourth-order valence-electron chi connectivity index (χ4n) is 3.52. The summed E-state index contributed by atoms with van der Waals surface area (Å²) >= 11 is 0.